The molecule has 0 saturated heterocycles. The molecule has 0 saturated carbocycles. The van der Waals surface area contributed by atoms with Crippen molar-refractivity contribution in [2.75, 3.05) is 7.11 Å². The van der Waals surface area contributed by atoms with Crippen molar-refractivity contribution in [2.45, 2.75) is 6.10 Å². The van der Waals surface area contributed by atoms with Gasteiger partial charge >= 0.3 is 5.97 Å². The van der Waals surface area contributed by atoms with E-state index in [0.29, 0.717) is 0 Å². The normalized spacial score (nSPS) is 11.4. The summed E-state index contributed by atoms with van der Waals surface area (Å²) < 4.78 is 4.77. The van der Waals surface area contributed by atoms with Crippen LogP contribution < -0.4 is 4.74 Å². The standard InChI is InChI=1S/C10H8N2O6/c1-18-8-3-7(12(16)17)6(2-5(8)4-11)9(13)10(14)15/h2-3,9,13H,1H3,(H,14,15). The quantitative estimate of drug-likeness (QED) is 0.591. The maximum atomic E-state index is 10.8. The third-order valence-corrected chi connectivity index (χ3v) is 2.19. The molecule has 1 atom stereocenters. The number of carbonyl (C=O) groups is 1. The van der Waals surface area contributed by atoms with E-state index >= 15 is 0 Å². The van der Waals surface area contributed by atoms with Gasteiger partial charge in [0.25, 0.3) is 5.69 Å². The van der Waals surface area contributed by atoms with Crippen LogP contribution in [0.15, 0.2) is 12.1 Å². The molecule has 0 bridgehead atoms. The summed E-state index contributed by atoms with van der Waals surface area (Å²) in [5, 5.41) is 37.6. The number of hydrogen-bond donors (Lipinski definition) is 2. The molecule has 1 unspecified atom stereocenters. The maximum absolute atomic E-state index is 10.8. The lowest BCUT2D eigenvalue weighted by molar-refractivity contribution is -0.386. The van der Waals surface area contributed by atoms with Crippen LogP contribution in [-0.2, 0) is 4.79 Å². The van der Waals surface area contributed by atoms with Gasteiger partial charge in [0.15, 0.2) is 6.10 Å². The molecule has 8 nitrogen and oxygen atoms in total. The molecule has 0 aliphatic rings. The minimum absolute atomic E-state index is 0.0643. The Morgan fingerprint density at radius 1 is 1.61 bits per heavy atom. The van der Waals surface area contributed by atoms with E-state index in [4.69, 9.17) is 15.1 Å². The van der Waals surface area contributed by atoms with Crippen molar-refractivity contribution in [1.82, 2.24) is 0 Å². The molecule has 8 heteroatoms. The second kappa shape index (κ2) is 5.11. The molecular weight excluding hydrogens is 244 g/mol. The molecule has 2 N–H and O–H groups in total. The Bertz CT molecular complexity index is 548. The fourth-order valence-corrected chi connectivity index (χ4v) is 1.35. The Kier molecular flexibility index (Phi) is 3.81. The predicted octanol–water partition coefficient (Wildman–Crippen LogP) is 0.593. The largest absolute Gasteiger partial charge is 0.495 e. The fraction of sp³-hybridized carbons (Fsp3) is 0.200. The molecule has 1 rings (SSSR count). The SMILES string of the molecule is COc1cc([N+](=O)[O-])c(C(O)C(=O)O)cc1C#N. The zero-order valence-corrected chi connectivity index (χ0v) is 9.15. The van der Waals surface area contributed by atoms with Crippen LogP contribution in [0.3, 0.4) is 0 Å². The van der Waals surface area contributed by atoms with Gasteiger partial charge in [0, 0.05) is 0 Å². The number of methoxy groups -OCH3 is 1. The molecule has 0 fully saturated rings. The van der Waals surface area contributed by atoms with Gasteiger partial charge in [-0.05, 0) is 6.07 Å². The molecule has 0 heterocycles. The lowest BCUT2D eigenvalue weighted by Gasteiger charge is -2.09. The van der Waals surface area contributed by atoms with E-state index in [1.165, 1.54) is 7.11 Å². The number of aliphatic hydroxyl groups is 1. The van der Waals surface area contributed by atoms with Crippen LogP contribution in [-0.4, -0.2) is 28.2 Å². The first-order valence-electron chi connectivity index (χ1n) is 4.59. The molecule has 1 aromatic rings. The fourth-order valence-electron chi connectivity index (χ4n) is 1.35. The summed E-state index contributed by atoms with van der Waals surface area (Å²) in [5.41, 5.74) is -1.19. The maximum Gasteiger partial charge on any atom is 0.337 e. The Balaban J connectivity index is 3.53. The second-order valence-corrected chi connectivity index (χ2v) is 3.22. The number of aliphatic carboxylic acids is 1. The summed E-state index contributed by atoms with van der Waals surface area (Å²) in [7, 11) is 1.22. The number of rotatable bonds is 4. The van der Waals surface area contributed by atoms with Crippen LogP contribution in [0.4, 0.5) is 5.69 Å². The van der Waals surface area contributed by atoms with Crippen molar-refractivity contribution in [3.05, 3.63) is 33.4 Å². The van der Waals surface area contributed by atoms with Gasteiger partial charge in [-0.1, -0.05) is 0 Å². The molecule has 94 valence electrons. The first-order valence-corrected chi connectivity index (χ1v) is 4.59. The van der Waals surface area contributed by atoms with Gasteiger partial charge < -0.3 is 14.9 Å². The Labute approximate surface area is 101 Å². The first kappa shape index (κ1) is 13.4. The number of carboxylic acid groups (broad SMARTS) is 1. The van der Waals surface area contributed by atoms with Crippen molar-refractivity contribution < 1.29 is 24.7 Å². The second-order valence-electron chi connectivity index (χ2n) is 3.22. The van der Waals surface area contributed by atoms with Gasteiger partial charge in [-0.2, -0.15) is 5.26 Å². The van der Waals surface area contributed by atoms with Crippen LogP contribution in [0.5, 0.6) is 5.75 Å². The summed E-state index contributed by atoms with van der Waals surface area (Å²) >= 11 is 0. The molecule has 0 spiro atoms. The van der Waals surface area contributed by atoms with Gasteiger partial charge in [0.05, 0.1) is 29.2 Å². The number of hydrogen-bond acceptors (Lipinski definition) is 6. The summed E-state index contributed by atoms with van der Waals surface area (Å²) in [4.78, 5) is 20.6. The highest BCUT2D eigenvalue weighted by Gasteiger charge is 2.28. The molecule has 0 aliphatic heterocycles. The Morgan fingerprint density at radius 3 is 2.61 bits per heavy atom. The van der Waals surface area contributed by atoms with E-state index in [1.54, 1.807) is 6.07 Å². The van der Waals surface area contributed by atoms with Gasteiger partial charge in [-0.3, -0.25) is 10.1 Å². The number of ether oxygens (including phenoxy) is 1. The number of aliphatic hydroxyl groups excluding tert-OH is 1. The average molecular weight is 252 g/mol. The average Bonchev–Trinajstić information content (AvgIpc) is 2.35. The van der Waals surface area contributed by atoms with Gasteiger partial charge in [0.1, 0.15) is 11.8 Å². The van der Waals surface area contributed by atoms with E-state index in [2.05, 4.69) is 0 Å². The third-order valence-electron chi connectivity index (χ3n) is 2.19. The minimum atomic E-state index is -2.08. The lowest BCUT2D eigenvalue weighted by Crippen LogP contribution is -2.13. The van der Waals surface area contributed by atoms with Crippen molar-refractivity contribution in [2.24, 2.45) is 0 Å². The molecule has 18 heavy (non-hydrogen) atoms. The highest BCUT2D eigenvalue weighted by molar-refractivity contribution is 5.76. The van der Waals surface area contributed by atoms with E-state index in [9.17, 15) is 20.0 Å². The number of carboxylic acids is 1. The lowest BCUT2D eigenvalue weighted by atomic mass is 10.0. The van der Waals surface area contributed by atoms with Crippen LogP contribution in [0.2, 0.25) is 0 Å². The number of benzene rings is 1. The number of nitrogens with zero attached hydrogens (tertiary/aromatic N) is 2. The zero-order chi connectivity index (χ0) is 13.9. The number of nitriles is 1. The van der Waals surface area contributed by atoms with Crippen molar-refractivity contribution in [3.8, 4) is 11.8 Å². The van der Waals surface area contributed by atoms with Crippen molar-refractivity contribution >= 4 is 11.7 Å². The zero-order valence-electron chi connectivity index (χ0n) is 9.15. The monoisotopic (exact) mass is 252 g/mol. The summed E-state index contributed by atoms with van der Waals surface area (Å²) in [6.45, 7) is 0. The first-order chi connectivity index (χ1) is 8.42. The smallest absolute Gasteiger partial charge is 0.337 e. The minimum Gasteiger partial charge on any atom is -0.495 e. The molecule has 0 radical (unpaired) electrons. The van der Waals surface area contributed by atoms with E-state index < -0.39 is 28.2 Å². The van der Waals surface area contributed by atoms with E-state index in [-0.39, 0.29) is 11.3 Å². The molecular formula is C10H8N2O6. The van der Waals surface area contributed by atoms with Crippen LogP contribution >= 0.6 is 0 Å². The molecule has 0 aliphatic carbocycles. The van der Waals surface area contributed by atoms with Crippen LogP contribution in [0, 0.1) is 21.4 Å². The highest BCUT2D eigenvalue weighted by Crippen LogP contribution is 2.32. The summed E-state index contributed by atoms with van der Waals surface area (Å²) in [6, 6.07) is 3.52. The molecule has 1 aromatic carbocycles. The van der Waals surface area contributed by atoms with E-state index in [0.717, 1.165) is 12.1 Å². The third kappa shape index (κ3) is 2.36. The van der Waals surface area contributed by atoms with Gasteiger partial charge in [0.2, 0.25) is 0 Å². The number of nitro groups is 1. The highest BCUT2D eigenvalue weighted by atomic mass is 16.6. The molecule has 0 aromatic heterocycles. The van der Waals surface area contributed by atoms with Crippen molar-refractivity contribution in [3.63, 3.8) is 0 Å². The topological polar surface area (TPSA) is 134 Å². The van der Waals surface area contributed by atoms with Crippen LogP contribution in [0.1, 0.15) is 17.2 Å². The summed E-state index contributed by atoms with van der Waals surface area (Å²) in [5.74, 6) is -1.71. The summed E-state index contributed by atoms with van der Waals surface area (Å²) in [6.07, 6.45) is -2.08. The van der Waals surface area contributed by atoms with Crippen LogP contribution in [0.25, 0.3) is 0 Å². The Morgan fingerprint density at radius 2 is 2.22 bits per heavy atom. The Hall–Kier alpha value is -2.66. The predicted molar refractivity (Wildman–Crippen MR) is 57.0 cm³/mol. The van der Waals surface area contributed by atoms with Gasteiger partial charge in [-0.25, -0.2) is 4.79 Å². The van der Waals surface area contributed by atoms with E-state index in [1.807, 2.05) is 0 Å². The van der Waals surface area contributed by atoms with Crippen molar-refractivity contribution in [1.29, 1.82) is 5.26 Å². The molecule has 0 amide bonds. The van der Waals surface area contributed by atoms with Gasteiger partial charge in [-0.15, -0.1) is 0 Å². The number of nitro benzene ring substituents is 1.